The summed E-state index contributed by atoms with van der Waals surface area (Å²) in [5.74, 6) is 0.483. The molecule has 0 amide bonds. The number of hydrogen-bond acceptors (Lipinski definition) is 2. The lowest BCUT2D eigenvalue weighted by molar-refractivity contribution is 0.145. The molecule has 6 heteroatoms. The Bertz CT molecular complexity index is 322. The van der Waals surface area contributed by atoms with E-state index in [1.54, 1.807) is 0 Å². The molecule has 2 nitrogen and oxygen atoms in total. The van der Waals surface area contributed by atoms with E-state index in [0.717, 1.165) is 0 Å². The summed E-state index contributed by atoms with van der Waals surface area (Å²) in [4.78, 5) is 3.58. The van der Waals surface area contributed by atoms with Gasteiger partial charge in [-0.05, 0) is 38.5 Å². The number of pyridine rings is 1. The molecule has 0 aromatic carbocycles. The normalized spacial score (nSPS) is 10.6. The van der Waals surface area contributed by atoms with Crippen LogP contribution >= 0.6 is 38.5 Å². The van der Waals surface area contributed by atoms with Gasteiger partial charge in [-0.3, -0.25) is 4.98 Å². The highest BCUT2D eigenvalue weighted by molar-refractivity contribution is 14.1. The van der Waals surface area contributed by atoms with Crippen LogP contribution in [0.4, 0.5) is 8.78 Å². The van der Waals surface area contributed by atoms with Crippen molar-refractivity contribution in [3.05, 3.63) is 19.9 Å². The monoisotopic (exact) mass is 363 g/mol. The van der Waals surface area contributed by atoms with E-state index in [-0.39, 0.29) is 5.69 Å². The largest absolute Gasteiger partial charge is 0.494 e. The summed E-state index contributed by atoms with van der Waals surface area (Å²) in [6, 6.07) is 0. The van der Waals surface area contributed by atoms with E-state index in [1.807, 2.05) is 22.6 Å². The van der Waals surface area contributed by atoms with Gasteiger partial charge in [0.1, 0.15) is 5.69 Å². The number of alkyl halides is 2. The first kappa shape index (κ1) is 11.1. The third-order valence-corrected chi connectivity index (χ3v) is 4.00. The molecule has 0 aliphatic heterocycles. The summed E-state index contributed by atoms with van der Waals surface area (Å²) in [6.07, 6.45) is -1.29. The highest BCUT2D eigenvalue weighted by Gasteiger charge is 2.17. The molecular weight excluding hydrogens is 359 g/mol. The highest BCUT2D eigenvalue weighted by Crippen LogP contribution is 2.34. The standard InChI is InChI=1S/C7H5BrF2INO/c1-13-3-2-12-6(7(9)10)4(8)5(3)11/h2,7H,1H3. The molecule has 0 saturated heterocycles. The number of aromatic nitrogens is 1. The van der Waals surface area contributed by atoms with Crippen LogP contribution in [0.25, 0.3) is 0 Å². The molecule has 72 valence electrons. The molecule has 0 aliphatic rings. The fourth-order valence-corrected chi connectivity index (χ4v) is 1.86. The summed E-state index contributed by atoms with van der Waals surface area (Å²) in [5, 5.41) is 0. The Morgan fingerprint density at radius 3 is 2.69 bits per heavy atom. The molecule has 1 aromatic rings. The van der Waals surface area contributed by atoms with E-state index < -0.39 is 6.43 Å². The predicted octanol–water partition coefficient (Wildman–Crippen LogP) is 3.39. The van der Waals surface area contributed by atoms with Gasteiger partial charge in [-0.25, -0.2) is 8.78 Å². The molecule has 0 radical (unpaired) electrons. The van der Waals surface area contributed by atoms with Crippen molar-refractivity contribution < 1.29 is 13.5 Å². The van der Waals surface area contributed by atoms with Gasteiger partial charge in [0.25, 0.3) is 6.43 Å². The fourth-order valence-electron chi connectivity index (χ4n) is 0.757. The SMILES string of the molecule is COc1cnc(C(F)F)c(Br)c1I. The van der Waals surface area contributed by atoms with Gasteiger partial charge in [-0.15, -0.1) is 0 Å². The average molecular weight is 364 g/mol. The molecule has 1 rings (SSSR count). The zero-order valence-electron chi connectivity index (χ0n) is 6.52. The van der Waals surface area contributed by atoms with Gasteiger partial charge >= 0.3 is 0 Å². The third-order valence-electron chi connectivity index (χ3n) is 1.38. The Balaban J connectivity index is 3.23. The molecule has 0 spiro atoms. The minimum atomic E-state index is -2.58. The maximum absolute atomic E-state index is 12.3. The molecule has 0 saturated carbocycles. The van der Waals surface area contributed by atoms with Crippen LogP contribution in [-0.4, -0.2) is 12.1 Å². The smallest absolute Gasteiger partial charge is 0.281 e. The van der Waals surface area contributed by atoms with Gasteiger partial charge in [-0.1, -0.05) is 0 Å². The van der Waals surface area contributed by atoms with Crippen molar-refractivity contribution in [3.63, 3.8) is 0 Å². The molecule has 0 N–H and O–H groups in total. The van der Waals surface area contributed by atoms with Gasteiger partial charge in [0, 0.05) is 0 Å². The van der Waals surface area contributed by atoms with E-state index >= 15 is 0 Å². The van der Waals surface area contributed by atoms with Crippen molar-refractivity contribution in [2.45, 2.75) is 6.43 Å². The first-order valence-corrected chi connectivity index (χ1v) is 5.11. The Hall–Kier alpha value is 0.0200. The lowest BCUT2D eigenvalue weighted by atomic mass is 10.3. The number of hydrogen-bond donors (Lipinski definition) is 0. The Labute approximate surface area is 96.0 Å². The van der Waals surface area contributed by atoms with Crippen LogP contribution in [0.1, 0.15) is 12.1 Å². The molecule has 0 fully saturated rings. The number of halogens is 4. The first-order chi connectivity index (χ1) is 6.07. The van der Waals surface area contributed by atoms with Crippen LogP contribution < -0.4 is 4.74 Å². The molecular formula is C7H5BrF2INO. The van der Waals surface area contributed by atoms with Crippen LogP contribution in [0, 0.1) is 3.57 Å². The number of nitrogens with zero attached hydrogens (tertiary/aromatic N) is 1. The number of methoxy groups -OCH3 is 1. The van der Waals surface area contributed by atoms with Crippen molar-refractivity contribution in [2.24, 2.45) is 0 Å². The Morgan fingerprint density at radius 1 is 1.62 bits per heavy atom. The van der Waals surface area contributed by atoms with E-state index in [0.29, 0.717) is 13.8 Å². The van der Waals surface area contributed by atoms with Gasteiger partial charge in [-0.2, -0.15) is 0 Å². The van der Waals surface area contributed by atoms with Crippen molar-refractivity contribution in [3.8, 4) is 5.75 Å². The minimum Gasteiger partial charge on any atom is -0.494 e. The molecule has 0 atom stereocenters. The molecule has 0 bridgehead atoms. The van der Waals surface area contributed by atoms with Gasteiger partial charge in [0.05, 0.1) is 21.3 Å². The van der Waals surface area contributed by atoms with Crippen LogP contribution in [0.3, 0.4) is 0 Å². The van der Waals surface area contributed by atoms with Crippen molar-refractivity contribution in [1.82, 2.24) is 4.98 Å². The zero-order chi connectivity index (χ0) is 10.0. The molecule has 1 heterocycles. The fraction of sp³-hybridized carbons (Fsp3) is 0.286. The lowest BCUT2D eigenvalue weighted by Crippen LogP contribution is -1.97. The summed E-state index contributed by atoms with van der Waals surface area (Å²) in [6.45, 7) is 0. The topological polar surface area (TPSA) is 22.1 Å². The van der Waals surface area contributed by atoms with E-state index in [9.17, 15) is 8.78 Å². The second-order valence-electron chi connectivity index (χ2n) is 2.14. The van der Waals surface area contributed by atoms with E-state index in [4.69, 9.17) is 4.74 Å². The van der Waals surface area contributed by atoms with Gasteiger partial charge in [0.15, 0.2) is 5.75 Å². The highest BCUT2D eigenvalue weighted by atomic mass is 127. The maximum Gasteiger partial charge on any atom is 0.281 e. The lowest BCUT2D eigenvalue weighted by Gasteiger charge is -2.07. The van der Waals surface area contributed by atoms with Gasteiger partial charge in [0.2, 0.25) is 0 Å². The maximum atomic E-state index is 12.3. The second-order valence-corrected chi connectivity index (χ2v) is 4.01. The van der Waals surface area contributed by atoms with E-state index in [1.165, 1.54) is 13.3 Å². The second kappa shape index (κ2) is 4.50. The average Bonchev–Trinajstić information content (AvgIpc) is 2.09. The van der Waals surface area contributed by atoms with Crippen LogP contribution in [0.15, 0.2) is 10.7 Å². The van der Waals surface area contributed by atoms with Crippen molar-refractivity contribution >= 4 is 38.5 Å². The summed E-state index contributed by atoms with van der Waals surface area (Å²) in [7, 11) is 1.47. The number of rotatable bonds is 2. The van der Waals surface area contributed by atoms with Crippen LogP contribution in [0.2, 0.25) is 0 Å². The van der Waals surface area contributed by atoms with Crippen molar-refractivity contribution in [1.29, 1.82) is 0 Å². The van der Waals surface area contributed by atoms with Crippen LogP contribution in [0.5, 0.6) is 5.75 Å². The quantitative estimate of drug-likeness (QED) is 0.751. The molecule has 0 unspecified atom stereocenters. The van der Waals surface area contributed by atoms with Gasteiger partial charge < -0.3 is 4.74 Å². The van der Waals surface area contributed by atoms with Crippen molar-refractivity contribution in [2.75, 3.05) is 7.11 Å². The van der Waals surface area contributed by atoms with E-state index in [2.05, 4.69) is 20.9 Å². The zero-order valence-corrected chi connectivity index (χ0v) is 10.3. The predicted molar refractivity (Wildman–Crippen MR) is 56.2 cm³/mol. The summed E-state index contributed by atoms with van der Waals surface area (Å²) >= 11 is 4.96. The Morgan fingerprint density at radius 2 is 2.23 bits per heavy atom. The molecule has 13 heavy (non-hydrogen) atoms. The summed E-state index contributed by atoms with van der Waals surface area (Å²) in [5.41, 5.74) is -0.259. The van der Waals surface area contributed by atoms with Crippen LogP contribution in [-0.2, 0) is 0 Å². The third kappa shape index (κ3) is 2.28. The molecule has 1 aromatic heterocycles. The molecule has 0 aliphatic carbocycles. The Kier molecular flexibility index (Phi) is 3.84. The minimum absolute atomic E-state index is 0.259. The summed E-state index contributed by atoms with van der Waals surface area (Å²) < 4.78 is 30.4. The number of ether oxygens (including phenoxy) is 1. The first-order valence-electron chi connectivity index (χ1n) is 3.24.